The lowest BCUT2D eigenvalue weighted by atomic mass is 10.1. The molecule has 1 nitrogen and oxygen atoms in total. The molecule has 0 saturated heterocycles. The van der Waals surface area contributed by atoms with Gasteiger partial charge in [-0.15, -0.1) is 11.3 Å². The van der Waals surface area contributed by atoms with E-state index < -0.39 is 17.9 Å². The van der Waals surface area contributed by atoms with E-state index >= 15 is 0 Å². The molecule has 1 unspecified atom stereocenters. The van der Waals surface area contributed by atoms with Crippen molar-refractivity contribution in [3.8, 4) is 0 Å². The van der Waals surface area contributed by atoms with Crippen LogP contribution in [0.1, 0.15) is 11.7 Å². The van der Waals surface area contributed by atoms with Crippen molar-refractivity contribution < 1.29 is 18.3 Å². The first-order valence-electron chi connectivity index (χ1n) is 3.51. The lowest BCUT2D eigenvalue weighted by molar-refractivity contribution is -0.105. The van der Waals surface area contributed by atoms with Crippen molar-refractivity contribution >= 4 is 22.9 Å². The van der Waals surface area contributed by atoms with Crippen LogP contribution in [0.4, 0.5) is 13.2 Å². The minimum atomic E-state index is -4.61. The summed E-state index contributed by atoms with van der Waals surface area (Å²) in [5.74, 6) is 0. The normalized spacial score (nSPS) is 14.1. The number of aliphatic hydroxyl groups excluding tert-OH is 1. The molecule has 0 bridgehead atoms. The maximum absolute atomic E-state index is 12.1. The number of halogens is 4. The lowest BCUT2D eigenvalue weighted by Crippen LogP contribution is -2.17. The zero-order valence-corrected chi connectivity index (χ0v) is 8.38. The van der Waals surface area contributed by atoms with E-state index in [4.69, 9.17) is 11.6 Å². The Morgan fingerprint density at radius 1 is 1.57 bits per heavy atom. The van der Waals surface area contributed by atoms with Gasteiger partial charge in [0.1, 0.15) is 6.10 Å². The minimum absolute atomic E-state index is 0.0407. The quantitative estimate of drug-likeness (QED) is 0.787. The molecule has 1 atom stereocenters. The summed E-state index contributed by atoms with van der Waals surface area (Å²) < 4.78 is 36.5. The average Bonchev–Trinajstić information content (AvgIpc) is 2.47. The highest BCUT2D eigenvalue weighted by atomic mass is 35.5. The maximum Gasteiger partial charge on any atom is 0.414 e. The molecule has 0 spiro atoms. The molecule has 1 aromatic rings. The number of rotatable bonds is 2. The van der Waals surface area contributed by atoms with Crippen molar-refractivity contribution in [3.63, 3.8) is 0 Å². The fraction of sp³-hybridized carbons (Fsp3) is 0.250. The van der Waals surface area contributed by atoms with E-state index in [9.17, 15) is 18.3 Å². The van der Waals surface area contributed by atoms with E-state index in [1.807, 2.05) is 0 Å². The van der Waals surface area contributed by atoms with Crippen LogP contribution in [0.3, 0.4) is 0 Å². The summed E-state index contributed by atoms with van der Waals surface area (Å²) in [4.78, 5) is 0. The van der Waals surface area contributed by atoms with Crippen LogP contribution in [0.15, 0.2) is 23.6 Å². The van der Waals surface area contributed by atoms with Crippen LogP contribution < -0.4 is 0 Å². The third kappa shape index (κ3) is 2.29. The molecule has 1 rings (SSSR count). The van der Waals surface area contributed by atoms with Crippen molar-refractivity contribution in [2.24, 2.45) is 0 Å². The second-order valence-corrected chi connectivity index (χ2v) is 4.09. The zero-order chi connectivity index (χ0) is 10.9. The molecule has 0 aliphatic carbocycles. The van der Waals surface area contributed by atoms with Crippen LogP contribution in [0.5, 0.6) is 0 Å². The molecule has 14 heavy (non-hydrogen) atoms. The lowest BCUT2D eigenvalue weighted by Gasteiger charge is -2.15. The van der Waals surface area contributed by atoms with Gasteiger partial charge in [-0.3, -0.25) is 0 Å². The van der Waals surface area contributed by atoms with Gasteiger partial charge in [-0.1, -0.05) is 18.2 Å². The number of alkyl halides is 3. The Hall–Kier alpha value is -0.520. The van der Waals surface area contributed by atoms with Crippen LogP contribution >= 0.6 is 22.9 Å². The topological polar surface area (TPSA) is 20.2 Å². The van der Waals surface area contributed by atoms with Gasteiger partial charge in [-0.25, -0.2) is 0 Å². The molecular weight excluding hydrogens is 237 g/mol. The van der Waals surface area contributed by atoms with E-state index in [0.29, 0.717) is 0 Å². The summed E-state index contributed by atoms with van der Waals surface area (Å²) >= 11 is 6.64. The molecule has 0 aliphatic rings. The first-order chi connectivity index (χ1) is 6.34. The first-order valence-corrected chi connectivity index (χ1v) is 4.76. The third-order valence-electron chi connectivity index (χ3n) is 1.63. The minimum Gasteiger partial charge on any atom is -0.384 e. The van der Waals surface area contributed by atoms with Gasteiger partial charge in [0.05, 0.1) is 9.91 Å². The summed E-state index contributed by atoms with van der Waals surface area (Å²) in [5.41, 5.74) is -1.17. The van der Waals surface area contributed by atoms with Crippen molar-refractivity contribution in [2.45, 2.75) is 12.3 Å². The number of hydrogen-bond acceptors (Lipinski definition) is 2. The predicted molar refractivity (Wildman–Crippen MR) is 49.5 cm³/mol. The largest absolute Gasteiger partial charge is 0.414 e. The average molecular weight is 243 g/mol. The summed E-state index contributed by atoms with van der Waals surface area (Å²) in [7, 11) is 0. The van der Waals surface area contributed by atoms with E-state index in [1.54, 1.807) is 0 Å². The molecular formula is C8H6ClF3OS. The van der Waals surface area contributed by atoms with E-state index in [0.717, 1.165) is 11.3 Å². The Bertz CT molecular complexity index is 345. The SMILES string of the molecule is C=C(C(O)c1ccsc1Cl)C(F)(F)F. The maximum atomic E-state index is 12.1. The second kappa shape index (κ2) is 3.92. The standard InChI is InChI=1S/C8H6ClF3OS/c1-4(8(10,11)12)6(13)5-2-3-14-7(5)9/h2-3,6,13H,1H2. The molecule has 0 aliphatic heterocycles. The fourth-order valence-corrected chi connectivity index (χ4v) is 1.81. The van der Waals surface area contributed by atoms with Gasteiger partial charge in [-0.2, -0.15) is 13.2 Å². The molecule has 1 heterocycles. The van der Waals surface area contributed by atoms with Crippen LogP contribution in [0.25, 0.3) is 0 Å². The highest BCUT2D eigenvalue weighted by Crippen LogP contribution is 2.38. The monoisotopic (exact) mass is 242 g/mol. The molecule has 0 amide bonds. The van der Waals surface area contributed by atoms with Crippen LogP contribution in [-0.4, -0.2) is 11.3 Å². The molecule has 0 saturated carbocycles. The molecule has 0 fully saturated rings. The first kappa shape index (κ1) is 11.6. The Kier molecular flexibility index (Phi) is 3.24. The van der Waals surface area contributed by atoms with Gasteiger partial charge < -0.3 is 5.11 Å². The molecule has 78 valence electrons. The summed E-state index contributed by atoms with van der Waals surface area (Å²) in [6.45, 7) is 2.79. The number of aliphatic hydroxyl groups is 1. The highest BCUT2D eigenvalue weighted by molar-refractivity contribution is 7.14. The smallest absolute Gasteiger partial charge is 0.384 e. The zero-order valence-electron chi connectivity index (χ0n) is 6.81. The summed E-state index contributed by atoms with van der Waals surface area (Å²) in [6, 6.07) is 1.34. The fourth-order valence-electron chi connectivity index (χ4n) is 0.842. The molecule has 6 heteroatoms. The van der Waals surface area contributed by atoms with Crippen molar-refractivity contribution in [1.82, 2.24) is 0 Å². The van der Waals surface area contributed by atoms with E-state index in [2.05, 4.69) is 6.58 Å². The summed E-state index contributed by atoms with van der Waals surface area (Å²) in [5, 5.41) is 10.8. The Balaban J connectivity index is 2.92. The van der Waals surface area contributed by atoms with Gasteiger partial charge >= 0.3 is 6.18 Å². The van der Waals surface area contributed by atoms with Gasteiger partial charge in [-0.05, 0) is 11.4 Å². The molecule has 0 radical (unpaired) electrons. The van der Waals surface area contributed by atoms with E-state index in [1.165, 1.54) is 11.4 Å². The van der Waals surface area contributed by atoms with Crippen LogP contribution in [0.2, 0.25) is 4.34 Å². The Morgan fingerprint density at radius 2 is 2.14 bits per heavy atom. The molecule has 1 aromatic heterocycles. The Morgan fingerprint density at radius 3 is 2.50 bits per heavy atom. The number of hydrogen-bond donors (Lipinski definition) is 1. The van der Waals surface area contributed by atoms with Gasteiger partial charge in [0.2, 0.25) is 0 Å². The van der Waals surface area contributed by atoms with Crippen molar-refractivity contribution in [3.05, 3.63) is 33.5 Å². The predicted octanol–water partition coefficient (Wildman–Crippen LogP) is 3.55. The molecule has 1 N–H and O–H groups in total. The summed E-state index contributed by atoms with van der Waals surface area (Å²) in [6.07, 6.45) is -6.39. The van der Waals surface area contributed by atoms with Gasteiger partial charge in [0.25, 0.3) is 0 Å². The van der Waals surface area contributed by atoms with Crippen LogP contribution in [-0.2, 0) is 0 Å². The van der Waals surface area contributed by atoms with Crippen molar-refractivity contribution in [2.75, 3.05) is 0 Å². The van der Waals surface area contributed by atoms with E-state index in [-0.39, 0.29) is 9.90 Å². The van der Waals surface area contributed by atoms with Crippen molar-refractivity contribution in [1.29, 1.82) is 0 Å². The third-order valence-corrected chi connectivity index (χ3v) is 2.84. The molecule has 0 aromatic carbocycles. The Labute approximate surface area is 87.4 Å². The van der Waals surface area contributed by atoms with Gasteiger partial charge in [0.15, 0.2) is 0 Å². The second-order valence-electron chi connectivity index (χ2n) is 2.58. The van der Waals surface area contributed by atoms with Gasteiger partial charge in [0, 0.05) is 5.56 Å². The highest BCUT2D eigenvalue weighted by Gasteiger charge is 2.37. The number of thiophene rings is 1. The van der Waals surface area contributed by atoms with Crippen LogP contribution in [0, 0.1) is 0 Å².